The molecule has 0 saturated heterocycles. The zero-order chi connectivity index (χ0) is 14.5. The number of hydrogen-bond acceptors (Lipinski definition) is 4. The molecule has 3 rings (SSSR count). The van der Waals surface area contributed by atoms with E-state index in [0.717, 1.165) is 6.42 Å². The molecule has 1 heterocycles. The van der Waals surface area contributed by atoms with E-state index in [1.165, 1.54) is 6.07 Å². The number of pyridine rings is 1. The summed E-state index contributed by atoms with van der Waals surface area (Å²) >= 11 is 0. The fourth-order valence-electron chi connectivity index (χ4n) is 2.30. The largest absolute Gasteiger partial charge is 0.398 e. The molecule has 0 spiro atoms. The second-order valence-electron chi connectivity index (χ2n) is 5.92. The van der Waals surface area contributed by atoms with Crippen molar-refractivity contribution in [2.24, 2.45) is 5.41 Å². The number of fused-ring (bicyclic) bond motifs is 1. The maximum Gasteiger partial charge on any atom is 0.243 e. The van der Waals surface area contributed by atoms with Gasteiger partial charge in [0.2, 0.25) is 10.0 Å². The molecule has 0 radical (unpaired) electrons. The number of aromatic nitrogens is 1. The van der Waals surface area contributed by atoms with Crippen LogP contribution in [0.3, 0.4) is 0 Å². The number of hydrogen-bond donors (Lipinski definition) is 2. The maximum absolute atomic E-state index is 12.5. The molecule has 1 unspecified atom stereocenters. The van der Waals surface area contributed by atoms with Crippen molar-refractivity contribution >= 4 is 26.6 Å². The van der Waals surface area contributed by atoms with Gasteiger partial charge in [-0.05, 0) is 36.1 Å². The third-order valence-corrected chi connectivity index (χ3v) is 5.37. The van der Waals surface area contributed by atoms with Gasteiger partial charge in [0.1, 0.15) is 4.90 Å². The summed E-state index contributed by atoms with van der Waals surface area (Å²) in [7, 11) is -3.58. The number of benzene rings is 1. The summed E-state index contributed by atoms with van der Waals surface area (Å²) < 4.78 is 27.7. The fraction of sp³-hybridized carbons (Fsp3) is 0.357. The summed E-state index contributed by atoms with van der Waals surface area (Å²) in [5, 5.41) is 0.658. The Hall–Kier alpha value is -1.66. The van der Waals surface area contributed by atoms with Crippen LogP contribution in [0.15, 0.2) is 35.4 Å². The molecule has 2 aromatic rings. The van der Waals surface area contributed by atoms with Gasteiger partial charge in [-0.15, -0.1) is 0 Å². The Morgan fingerprint density at radius 3 is 2.70 bits per heavy atom. The topological polar surface area (TPSA) is 85.1 Å². The molecule has 1 aliphatic rings. The lowest BCUT2D eigenvalue weighted by Gasteiger charge is -2.11. The third kappa shape index (κ3) is 2.14. The summed E-state index contributed by atoms with van der Waals surface area (Å²) in [6, 6.07) is 6.63. The third-order valence-electron chi connectivity index (χ3n) is 3.87. The Morgan fingerprint density at radius 1 is 1.35 bits per heavy atom. The van der Waals surface area contributed by atoms with Gasteiger partial charge in [0, 0.05) is 23.3 Å². The number of nitrogens with two attached hydrogens (primary N) is 1. The summed E-state index contributed by atoms with van der Waals surface area (Å²) in [6.07, 6.45) is 2.43. The average Bonchev–Trinajstić information content (AvgIpc) is 2.95. The fourth-order valence-corrected chi connectivity index (χ4v) is 3.87. The van der Waals surface area contributed by atoms with Gasteiger partial charge in [-0.3, -0.25) is 4.98 Å². The van der Waals surface area contributed by atoms with Gasteiger partial charge in [-0.1, -0.05) is 13.8 Å². The standard InChI is InChI=1S/C14H17N3O2S/c1-14(2)8-12(14)17-20(18,19)11-6-5-10(15)9-4-3-7-16-13(9)11/h3-7,12,17H,8,15H2,1-2H3. The second kappa shape index (κ2) is 4.17. The van der Waals surface area contributed by atoms with Crippen molar-refractivity contribution in [2.45, 2.75) is 31.2 Å². The van der Waals surface area contributed by atoms with E-state index < -0.39 is 10.0 Å². The molecule has 6 heteroatoms. The lowest BCUT2D eigenvalue weighted by Crippen LogP contribution is -2.28. The first-order chi connectivity index (χ1) is 9.31. The Kier molecular flexibility index (Phi) is 2.78. The van der Waals surface area contributed by atoms with Gasteiger partial charge in [0.15, 0.2) is 0 Å². The molecule has 1 atom stereocenters. The van der Waals surface area contributed by atoms with Crippen molar-refractivity contribution in [2.75, 3.05) is 5.73 Å². The van der Waals surface area contributed by atoms with Crippen molar-refractivity contribution in [3.63, 3.8) is 0 Å². The quantitative estimate of drug-likeness (QED) is 0.846. The monoisotopic (exact) mass is 291 g/mol. The van der Waals surface area contributed by atoms with Crippen LogP contribution in [0, 0.1) is 5.41 Å². The zero-order valence-corrected chi connectivity index (χ0v) is 12.2. The van der Waals surface area contributed by atoms with Gasteiger partial charge in [-0.2, -0.15) is 0 Å². The molecule has 1 aromatic carbocycles. The molecule has 0 bridgehead atoms. The maximum atomic E-state index is 12.5. The summed E-state index contributed by atoms with van der Waals surface area (Å²) in [4.78, 5) is 4.36. The first-order valence-corrected chi connectivity index (χ1v) is 7.95. The van der Waals surface area contributed by atoms with E-state index in [2.05, 4.69) is 9.71 Å². The first kappa shape index (κ1) is 13.3. The van der Waals surface area contributed by atoms with Crippen molar-refractivity contribution in [1.29, 1.82) is 0 Å². The molecule has 3 N–H and O–H groups in total. The molecular weight excluding hydrogens is 274 g/mol. The Bertz CT molecular complexity index is 784. The van der Waals surface area contributed by atoms with Gasteiger partial charge in [0.25, 0.3) is 0 Å². The van der Waals surface area contributed by atoms with Crippen LogP contribution in [0.1, 0.15) is 20.3 Å². The Morgan fingerprint density at radius 2 is 2.05 bits per heavy atom. The molecule has 20 heavy (non-hydrogen) atoms. The zero-order valence-electron chi connectivity index (χ0n) is 11.4. The minimum Gasteiger partial charge on any atom is -0.398 e. The minimum atomic E-state index is -3.58. The molecule has 1 fully saturated rings. The van der Waals surface area contributed by atoms with Crippen molar-refractivity contribution < 1.29 is 8.42 Å². The van der Waals surface area contributed by atoms with Crippen LogP contribution in [0.2, 0.25) is 0 Å². The van der Waals surface area contributed by atoms with E-state index in [1.54, 1.807) is 24.4 Å². The highest BCUT2D eigenvalue weighted by atomic mass is 32.2. The van der Waals surface area contributed by atoms with Gasteiger partial charge in [0.05, 0.1) is 5.52 Å². The number of nitrogens with zero attached hydrogens (tertiary/aromatic N) is 1. The highest BCUT2D eigenvalue weighted by Crippen LogP contribution is 2.45. The van der Waals surface area contributed by atoms with E-state index in [-0.39, 0.29) is 16.4 Å². The smallest absolute Gasteiger partial charge is 0.243 e. The lowest BCUT2D eigenvalue weighted by atomic mass is 10.2. The molecule has 1 aliphatic carbocycles. The second-order valence-corrected chi connectivity index (χ2v) is 7.60. The van der Waals surface area contributed by atoms with Crippen molar-refractivity contribution in [3.05, 3.63) is 30.5 Å². The van der Waals surface area contributed by atoms with Crippen LogP contribution in [-0.4, -0.2) is 19.4 Å². The van der Waals surface area contributed by atoms with Crippen LogP contribution >= 0.6 is 0 Å². The lowest BCUT2D eigenvalue weighted by molar-refractivity contribution is 0.555. The molecule has 0 aliphatic heterocycles. The van der Waals surface area contributed by atoms with Crippen molar-refractivity contribution in [1.82, 2.24) is 9.71 Å². The van der Waals surface area contributed by atoms with Crippen LogP contribution in [0.4, 0.5) is 5.69 Å². The van der Waals surface area contributed by atoms with Gasteiger partial charge in [-0.25, -0.2) is 13.1 Å². The minimum absolute atomic E-state index is 0.0104. The number of nitrogen functional groups attached to an aromatic ring is 1. The highest BCUT2D eigenvalue weighted by molar-refractivity contribution is 7.89. The predicted molar refractivity (Wildman–Crippen MR) is 78.7 cm³/mol. The molecule has 1 saturated carbocycles. The molecule has 5 nitrogen and oxygen atoms in total. The highest BCUT2D eigenvalue weighted by Gasteiger charge is 2.48. The first-order valence-electron chi connectivity index (χ1n) is 6.47. The predicted octanol–water partition coefficient (Wildman–Crippen LogP) is 1.89. The van der Waals surface area contributed by atoms with Gasteiger partial charge < -0.3 is 5.73 Å². The Balaban J connectivity index is 2.08. The Labute approximate surface area is 118 Å². The van der Waals surface area contributed by atoms with Gasteiger partial charge >= 0.3 is 0 Å². The van der Waals surface area contributed by atoms with E-state index in [9.17, 15) is 8.42 Å². The number of nitrogens with one attached hydrogen (secondary N) is 1. The summed E-state index contributed by atoms with van der Waals surface area (Å²) in [6.45, 7) is 4.08. The van der Waals surface area contributed by atoms with Crippen LogP contribution in [0.25, 0.3) is 10.9 Å². The van der Waals surface area contributed by atoms with Crippen LogP contribution in [0.5, 0.6) is 0 Å². The summed E-state index contributed by atoms with van der Waals surface area (Å²) in [5.74, 6) is 0. The molecule has 0 amide bonds. The van der Waals surface area contributed by atoms with E-state index in [0.29, 0.717) is 16.6 Å². The van der Waals surface area contributed by atoms with E-state index in [1.807, 2.05) is 13.8 Å². The molecular formula is C14H17N3O2S. The molecule has 1 aromatic heterocycles. The number of sulfonamides is 1. The number of anilines is 1. The molecule has 106 valence electrons. The average molecular weight is 291 g/mol. The normalized spacial score (nSPS) is 21.0. The number of rotatable bonds is 3. The van der Waals surface area contributed by atoms with Crippen molar-refractivity contribution in [3.8, 4) is 0 Å². The van der Waals surface area contributed by atoms with E-state index in [4.69, 9.17) is 5.73 Å². The van der Waals surface area contributed by atoms with E-state index >= 15 is 0 Å². The SMILES string of the molecule is CC1(C)CC1NS(=O)(=O)c1ccc(N)c2cccnc12. The van der Waals surface area contributed by atoms with Crippen LogP contribution in [-0.2, 0) is 10.0 Å². The summed E-state index contributed by atoms with van der Waals surface area (Å²) in [5.41, 5.74) is 6.84. The van der Waals surface area contributed by atoms with Crippen LogP contribution < -0.4 is 10.5 Å².